The van der Waals surface area contributed by atoms with Crippen molar-refractivity contribution in [2.75, 3.05) is 14.2 Å². The highest BCUT2D eigenvalue weighted by molar-refractivity contribution is 5.89. The van der Waals surface area contributed by atoms with E-state index in [2.05, 4.69) is 10.1 Å². The van der Waals surface area contributed by atoms with Crippen LogP contribution in [0.1, 0.15) is 21.8 Å². The van der Waals surface area contributed by atoms with Gasteiger partial charge in [0.2, 0.25) is 5.82 Å². The smallest absolute Gasteiger partial charge is 0.338 e. The van der Waals surface area contributed by atoms with Crippen LogP contribution >= 0.6 is 0 Å². The molecule has 3 rings (SSSR count). The Kier molecular flexibility index (Phi) is 5.35. The summed E-state index contributed by atoms with van der Waals surface area (Å²) in [6.07, 6.45) is 0. The summed E-state index contributed by atoms with van der Waals surface area (Å²) in [4.78, 5) is 16.2. The Morgan fingerprint density at radius 1 is 1.15 bits per heavy atom. The summed E-state index contributed by atoms with van der Waals surface area (Å²) in [6, 6.07) is 9.28. The van der Waals surface area contributed by atoms with Gasteiger partial charge in [-0.25, -0.2) is 9.18 Å². The summed E-state index contributed by atoms with van der Waals surface area (Å²) >= 11 is 0. The van der Waals surface area contributed by atoms with Crippen LogP contribution in [0, 0.1) is 12.7 Å². The van der Waals surface area contributed by atoms with Crippen molar-refractivity contribution in [2.45, 2.75) is 13.5 Å². The molecule has 0 spiro atoms. The molecular weight excluding hydrogens is 355 g/mol. The van der Waals surface area contributed by atoms with Gasteiger partial charge in [0.1, 0.15) is 17.3 Å². The summed E-state index contributed by atoms with van der Waals surface area (Å²) < 4.78 is 34.2. The Bertz CT molecular complexity index is 970. The standard InChI is InChI=1S/C19H17FN2O5/c1-11-4-5-12(8-15(11)20)19(23)26-10-17-21-18(22-27-17)14-7-6-13(24-2)9-16(14)25-3/h4-9H,10H2,1-3H3. The van der Waals surface area contributed by atoms with E-state index in [1.165, 1.54) is 19.2 Å². The van der Waals surface area contributed by atoms with Gasteiger partial charge in [-0.2, -0.15) is 4.98 Å². The molecule has 0 unspecified atom stereocenters. The molecule has 0 fully saturated rings. The van der Waals surface area contributed by atoms with Gasteiger partial charge in [0.15, 0.2) is 6.61 Å². The molecule has 0 aliphatic rings. The van der Waals surface area contributed by atoms with E-state index in [1.807, 2.05) is 0 Å². The van der Waals surface area contributed by atoms with Crippen LogP contribution in [0.2, 0.25) is 0 Å². The zero-order chi connectivity index (χ0) is 19.4. The molecule has 1 heterocycles. The highest BCUT2D eigenvalue weighted by atomic mass is 19.1. The number of esters is 1. The van der Waals surface area contributed by atoms with Crippen molar-refractivity contribution in [3.05, 3.63) is 59.2 Å². The van der Waals surface area contributed by atoms with Gasteiger partial charge in [0.05, 0.1) is 25.3 Å². The zero-order valence-electron chi connectivity index (χ0n) is 15.0. The largest absolute Gasteiger partial charge is 0.497 e. The van der Waals surface area contributed by atoms with Gasteiger partial charge >= 0.3 is 5.97 Å². The van der Waals surface area contributed by atoms with E-state index >= 15 is 0 Å². The molecule has 27 heavy (non-hydrogen) atoms. The predicted molar refractivity (Wildman–Crippen MR) is 93.1 cm³/mol. The molecule has 0 aliphatic heterocycles. The molecule has 8 heteroatoms. The maximum Gasteiger partial charge on any atom is 0.338 e. The first-order valence-corrected chi connectivity index (χ1v) is 8.00. The van der Waals surface area contributed by atoms with Crippen LogP contribution in [-0.2, 0) is 11.3 Å². The molecule has 0 saturated carbocycles. The van der Waals surface area contributed by atoms with Crippen molar-refractivity contribution in [1.29, 1.82) is 0 Å². The Morgan fingerprint density at radius 2 is 1.96 bits per heavy atom. The number of carbonyl (C=O) groups is 1. The minimum Gasteiger partial charge on any atom is -0.497 e. The van der Waals surface area contributed by atoms with E-state index < -0.39 is 11.8 Å². The van der Waals surface area contributed by atoms with Gasteiger partial charge in [-0.3, -0.25) is 0 Å². The average Bonchev–Trinajstić information content (AvgIpc) is 3.16. The summed E-state index contributed by atoms with van der Waals surface area (Å²) in [5.74, 6) is 0.352. The van der Waals surface area contributed by atoms with Gasteiger partial charge in [0.25, 0.3) is 5.89 Å². The fourth-order valence-electron chi connectivity index (χ4n) is 2.34. The van der Waals surface area contributed by atoms with Crippen LogP contribution < -0.4 is 9.47 Å². The molecule has 7 nitrogen and oxygen atoms in total. The van der Waals surface area contributed by atoms with Crippen LogP contribution in [-0.4, -0.2) is 30.3 Å². The lowest BCUT2D eigenvalue weighted by atomic mass is 10.1. The molecule has 1 aromatic heterocycles. The van der Waals surface area contributed by atoms with E-state index in [4.69, 9.17) is 18.7 Å². The highest BCUT2D eigenvalue weighted by Crippen LogP contribution is 2.31. The topological polar surface area (TPSA) is 83.7 Å². The van der Waals surface area contributed by atoms with Crippen molar-refractivity contribution >= 4 is 5.97 Å². The predicted octanol–water partition coefficient (Wildman–Crippen LogP) is 3.56. The first-order valence-electron chi connectivity index (χ1n) is 8.00. The van der Waals surface area contributed by atoms with Gasteiger partial charge in [0, 0.05) is 6.07 Å². The van der Waals surface area contributed by atoms with Crippen LogP contribution in [0.5, 0.6) is 11.5 Å². The first-order chi connectivity index (χ1) is 13.0. The Morgan fingerprint density at radius 3 is 2.67 bits per heavy atom. The number of benzene rings is 2. The zero-order valence-corrected chi connectivity index (χ0v) is 15.0. The lowest BCUT2D eigenvalue weighted by Crippen LogP contribution is -2.06. The molecule has 3 aromatic rings. The number of ether oxygens (including phenoxy) is 3. The van der Waals surface area contributed by atoms with E-state index in [0.29, 0.717) is 22.6 Å². The molecule has 0 bridgehead atoms. The molecular formula is C19H17FN2O5. The van der Waals surface area contributed by atoms with E-state index in [0.717, 1.165) is 6.07 Å². The fraction of sp³-hybridized carbons (Fsp3) is 0.211. The van der Waals surface area contributed by atoms with Gasteiger partial charge in [-0.15, -0.1) is 0 Å². The van der Waals surface area contributed by atoms with Crippen LogP contribution in [0.15, 0.2) is 40.9 Å². The minimum atomic E-state index is -0.685. The molecule has 140 valence electrons. The fourth-order valence-corrected chi connectivity index (χ4v) is 2.34. The Hall–Kier alpha value is -3.42. The molecule has 0 saturated heterocycles. The third kappa shape index (κ3) is 4.05. The SMILES string of the molecule is COc1ccc(-c2noc(COC(=O)c3ccc(C)c(F)c3)n2)c(OC)c1. The van der Waals surface area contributed by atoms with Crippen molar-refractivity contribution in [1.82, 2.24) is 10.1 Å². The van der Waals surface area contributed by atoms with Crippen molar-refractivity contribution in [2.24, 2.45) is 0 Å². The van der Waals surface area contributed by atoms with Gasteiger partial charge < -0.3 is 18.7 Å². The second kappa shape index (κ2) is 7.86. The Balaban J connectivity index is 1.71. The lowest BCUT2D eigenvalue weighted by molar-refractivity contribution is 0.0429. The van der Waals surface area contributed by atoms with E-state index in [-0.39, 0.29) is 23.9 Å². The second-order valence-corrected chi connectivity index (χ2v) is 5.62. The van der Waals surface area contributed by atoms with E-state index in [9.17, 15) is 9.18 Å². The number of hydrogen-bond acceptors (Lipinski definition) is 7. The van der Waals surface area contributed by atoms with Crippen LogP contribution in [0.25, 0.3) is 11.4 Å². The molecule has 0 aliphatic carbocycles. The third-order valence-electron chi connectivity index (χ3n) is 3.85. The lowest BCUT2D eigenvalue weighted by Gasteiger charge is -2.07. The summed E-state index contributed by atoms with van der Waals surface area (Å²) in [5, 5.41) is 3.87. The maximum atomic E-state index is 13.5. The Labute approximate surface area is 154 Å². The normalized spacial score (nSPS) is 10.5. The quantitative estimate of drug-likeness (QED) is 0.612. The van der Waals surface area contributed by atoms with Crippen LogP contribution in [0.4, 0.5) is 4.39 Å². The number of hydrogen-bond donors (Lipinski definition) is 0. The van der Waals surface area contributed by atoms with Crippen LogP contribution in [0.3, 0.4) is 0 Å². The number of aromatic nitrogens is 2. The maximum absolute atomic E-state index is 13.5. The molecule has 2 aromatic carbocycles. The molecule has 0 N–H and O–H groups in total. The van der Waals surface area contributed by atoms with Crippen molar-refractivity contribution in [3.8, 4) is 22.9 Å². The number of carbonyl (C=O) groups excluding carboxylic acids is 1. The monoisotopic (exact) mass is 372 g/mol. The number of rotatable bonds is 6. The first kappa shape index (κ1) is 18.4. The summed E-state index contributed by atoms with van der Waals surface area (Å²) in [6.45, 7) is 1.37. The molecule has 0 atom stereocenters. The van der Waals surface area contributed by atoms with Gasteiger partial charge in [-0.05, 0) is 36.8 Å². The van der Waals surface area contributed by atoms with Gasteiger partial charge in [-0.1, -0.05) is 11.2 Å². The third-order valence-corrected chi connectivity index (χ3v) is 3.85. The highest BCUT2D eigenvalue weighted by Gasteiger charge is 2.16. The van der Waals surface area contributed by atoms with Crippen molar-refractivity contribution < 1.29 is 27.9 Å². The molecule has 0 amide bonds. The number of aryl methyl sites for hydroxylation is 1. The average molecular weight is 372 g/mol. The number of halogens is 1. The minimum absolute atomic E-state index is 0.101. The summed E-state index contributed by atoms with van der Waals surface area (Å²) in [5.41, 5.74) is 1.15. The number of nitrogens with zero attached hydrogens (tertiary/aromatic N) is 2. The summed E-state index contributed by atoms with van der Waals surface area (Å²) in [7, 11) is 3.07. The van der Waals surface area contributed by atoms with Crippen molar-refractivity contribution in [3.63, 3.8) is 0 Å². The van der Waals surface area contributed by atoms with E-state index in [1.54, 1.807) is 32.2 Å². The molecule has 0 radical (unpaired) electrons. The second-order valence-electron chi connectivity index (χ2n) is 5.62. The number of methoxy groups -OCH3 is 2.